The van der Waals surface area contributed by atoms with Gasteiger partial charge in [0.2, 0.25) is 11.8 Å². The van der Waals surface area contributed by atoms with E-state index < -0.39 is 34.6 Å². The Bertz CT molecular complexity index is 706. The van der Waals surface area contributed by atoms with E-state index in [0.29, 0.717) is 17.9 Å². The third kappa shape index (κ3) is 3.00. The van der Waals surface area contributed by atoms with Crippen molar-refractivity contribution in [3.05, 3.63) is 11.8 Å². The summed E-state index contributed by atoms with van der Waals surface area (Å²) in [6, 6.07) is -2.28. The van der Waals surface area contributed by atoms with Gasteiger partial charge in [-0.15, -0.1) is 14.5 Å². The standard InChI is InChI=1S/C10H16N6O6S/c11-3-6(12)8-13-14-9(21-8)7-2-1-5-4-15(7)10(17)16(5)22-23(18,19)20/h5-7H,1-4,11-12H2,(H,18,19,20). The molecule has 2 aliphatic rings. The Kier molecular flexibility index (Phi) is 3.97. The molecular formula is C10H16N6O6S. The molecule has 2 fully saturated rings. The van der Waals surface area contributed by atoms with Crippen LogP contribution < -0.4 is 11.5 Å². The molecule has 1 aromatic rings. The molecule has 0 radical (unpaired) electrons. The summed E-state index contributed by atoms with van der Waals surface area (Å²) in [7, 11) is -4.78. The quantitative estimate of drug-likeness (QED) is 0.542. The van der Waals surface area contributed by atoms with E-state index in [1.54, 1.807) is 0 Å². The number of hydroxylamine groups is 2. The number of hydrogen-bond acceptors (Lipinski definition) is 9. The summed E-state index contributed by atoms with van der Waals surface area (Å²) in [6.45, 7) is 0.354. The maximum absolute atomic E-state index is 12.3. The molecule has 0 aromatic carbocycles. The Morgan fingerprint density at radius 1 is 1.43 bits per heavy atom. The highest BCUT2D eigenvalue weighted by Gasteiger charge is 2.49. The highest BCUT2D eigenvalue weighted by atomic mass is 32.3. The summed E-state index contributed by atoms with van der Waals surface area (Å²) < 4.78 is 40.2. The topological polar surface area (TPSA) is 178 Å². The van der Waals surface area contributed by atoms with Gasteiger partial charge in [-0.3, -0.25) is 4.55 Å². The fourth-order valence-corrected chi connectivity index (χ4v) is 3.11. The third-order valence-corrected chi connectivity index (χ3v) is 4.16. The second-order valence-electron chi connectivity index (χ2n) is 5.33. The number of aromatic nitrogens is 2. The van der Waals surface area contributed by atoms with Gasteiger partial charge in [0.15, 0.2) is 0 Å². The molecule has 3 atom stereocenters. The van der Waals surface area contributed by atoms with Crippen LogP contribution in [0.15, 0.2) is 4.42 Å². The van der Waals surface area contributed by atoms with Crippen LogP contribution in [0.25, 0.3) is 0 Å². The van der Waals surface area contributed by atoms with E-state index in [9.17, 15) is 13.2 Å². The highest BCUT2D eigenvalue weighted by Crippen LogP contribution is 2.38. The number of hydrogen-bond donors (Lipinski definition) is 3. The fourth-order valence-electron chi connectivity index (χ4n) is 2.72. The molecule has 12 nitrogen and oxygen atoms in total. The van der Waals surface area contributed by atoms with Crippen LogP contribution in [0.5, 0.6) is 0 Å². The lowest BCUT2D eigenvalue weighted by Gasteiger charge is -2.27. The predicted molar refractivity (Wildman–Crippen MR) is 72.6 cm³/mol. The van der Waals surface area contributed by atoms with Crippen LogP contribution in [-0.2, 0) is 14.7 Å². The number of carbonyl (C=O) groups excluding carboxylic acids is 1. The lowest BCUT2D eigenvalue weighted by Crippen LogP contribution is -2.35. The van der Waals surface area contributed by atoms with Gasteiger partial charge in [-0.05, 0) is 12.8 Å². The van der Waals surface area contributed by atoms with Crippen LogP contribution in [0.1, 0.15) is 36.7 Å². The molecular weight excluding hydrogens is 332 g/mol. The smallest absolute Gasteiger partial charge is 0.418 e. The Labute approximate surface area is 131 Å². The molecule has 128 valence electrons. The van der Waals surface area contributed by atoms with Gasteiger partial charge in [-0.1, -0.05) is 0 Å². The van der Waals surface area contributed by atoms with Crippen LogP contribution in [-0.4, -0.2) is 58.3 Å². The van der Waals surface area contributed by atoms with Crippen molar-refractivity contribution in [2.24, 2.45) is 11.5 Å². The van der Waals surface area contributed by atoms with Gasteiger partial charge in [0.1, 0.15) is 6.04 Å². The number of nitrogens with two attached hydrogens (primary N) is 2. The Morgan fingerprint density at radius 3 is 2.83 bits per heavy atom. The number of nitrogens with zero attached hydrogens (tertiary/aromatic N) is 4. The zero-order chi connectivity index (χ0) is 16.8. The minimum Gasteiger partial charge on any atom is -0.421 e. The molecule has 0 aliphatic carbocycles. The molecule has 2 aliphatic heterocycles. The molecule has 2 bridgehead atoms. The Morgan fingerprint density at radius 2 is 2.17 bits per heavy atom. The zero-order valence-electron chi connectivity index (χ0n) is 11.9. The predicted octanol–water partition coefficient (Wildman–Crippen LogP) is -1.30. The second-order valence-corrected chi connectivity index (χ2v) is 6.34. The number of urea groups is 1. The number of amides is 2. The van der Waals surface area contributed by atoms with Gasteiger partial charge >= 0.3 is 16.4 Å². The molecule has 3 rings (SSSR count). The number of carbonyl (C=O) groups is 1. The maximum Gasteiger partial charge on any atom is 0.418 e. The van der Waals surface area contributed by atoms with Crippen LogP contribution >= 0.6 is 0 Å². The van der Waals surface area contributed by atoms with Crippen molar-refractivity contribution < 1.29 is 26.5 Å². The third-order valence-electron chi connectivity index (χ3n) is 3.81. The van der Waals surface area contributed by atoms with Crippen LogP contribution in [0.4, 0.5) is 4.79 Å². The van der Waals surface area contributed by atoms with Crippen molar-refractivity contribution in [3.63, 3.8) is 0 Å². The van der Waals surface area contributed by atoms with Crippen molar-refractivity contribution in [2.45, 2.75) is 31.0 Å². The average molecular weight is 348 g/mol. The van der Waals surface area contributed by atoms with Crippen molar-refractivity contribution in [1.29, 1.82) is 0 Å². The van der Waals surface area contributed by atoms with Crippen LogP contribution in [0.2, 0.25) is 0 Å². The number of piperidine rings is 1. The lowest BCUT2D eigenvalue weighted by atomic mass is 10.0. The summed E-state index contributed by atoms with van der Waals surface area (Å²) in [5.74, 6) is 0.367. The van der Waals surface area contributed by atoms with E-state index in [0.717, 1.165) is 0 Å². The summed E-state index contributed by atoms with van der Waals surface area (Å²) in [6.07, 6.45) is 0.921. The highest BCUT2D eigenvalue weighted by molar-refractivity contribution is 7.80. The average Bonchev–Trinajstić information content (AvgIpc) is 3.06. The minimum atomic E-state index is -4.78. The molecule has 0 spiro atoms. The van der Waals surface area contributed by atoms with E-state index in [-0.39, 0.29) is 24.9 Å². The summed E-state index contributed by atoms with van der Waals surface area (Å²) in [5.41, 5.74) is 11.1. The Balaban J connectivity index is 1.80. The lowest BCUT2D eigenvalue weighted by molar-refractivity contribution is -0.0317. The van der Waals surface area contributed by atoms with Gasteiger partial charge in [0, 0.05) is 13.1 Å². The number of rotatable bonds is 5. The zero-order valence-corrected chi connectivity index (χ0v) is 12.7. The first-order chi connectivity index (χ1) is 10.8. The molecule has 13 heteroatoms. The first-order valence-electron chi connectivity index (χ1n) is 6.86. The second kappa shape index (κ2) is 5.68. The first kappa shape index (κ1) is 16.1. The fraction of sp³-hybridized carbons (Fsp3) is 0.700. The summed E-state index contributed by atoms with van der Waals surface area (Å²) in [5, 5.41) is 8.35. The normalized spacial score (nSPS) is 26.0. The summed E-state index contributed by atoms with van der Waals surface area (Å²) >= 11 is 0. The van der Waals surface area contributed by atoms with Crippen molar-refractivity contribution >= 4 is 16.4 Å². The number of fused-ring (bicyclic) bond motifs is 2. The maximum atomic E-state index is 12.3. The van der Waals surface area contributed by atoms with Crippen molar-refractivity contribution in [3.8, 4) is 0 Å². The molecule has 2 amide bonds. The largest absolute Gasteiger partial charge is 0.421 e. The van der Waals surface area contributed by atoms with E-state index >= 15 is 0 Å². The molecule has 23 heavy (non-hydrogen) atoms. The molecule has 1 aromatic heterocycles. The van der Waals surface area contributed by atoms with E-state index in [4.69, 9.17) is 20.4 Å². The van der Waals surface area contributed by atoms with Crippen LogP contribution in [0, 0.1) is 0 Å². The van der Waals surface area contributed by atoms with E-state index in [2.05, 4.69) is 14.5 Å². The van der Waals surface area contributed by atoms with Gasteiger partial charge < -0.3 is 20.8 Å². The molecule has 3 unspecified atom stereocenters. The summed E-state index contributed by atoms with van der Waals surface area (Å²) in [4.78, 5) is 13.6. The molecule has 5 N–H and O–H groups in total. The van der Waals surface area contributed by atoms with Gasteiger partial charge in [0.05, 0.1) is 12.1 Å². The molecule has 3 heterocycles. The van der Waals surface area contributed by atoms with Crippen molar-refractivity contribution in [2.75, 3.05) is 13.1 Å². The first-order valence-corrected chi connectivity index (χ1v) is 8.22. The molecule has 0 saturated carbocycles. The monoisotopic (exact) mass is 348 g/mol. The van der Waals surface area contributed by atoms with E-state index in [1.807, 2.05) is 0 Å². The Hall–Kier alpha value is -1.80. The minimum absolute atomic E-state index is 0.132. The van der Waals surface area contributed by atoms with Crippen LogP contribution in [0.3, 0.4) is 0 Å². The van der Waals surface area contributed by atoms with Gasteiger partial charge in [0.25, 0.3) is 0 Å². The molecule has 2 saturated heterocycles. The van der Waals surface area contributed by atoms with Crippen molar-refractivity contribution in [1.82, 2.24) is 20.2 Å². The SMILES string of the molecule is NCC(N)c1nnc(C2CCC3CN2C(=O)N3OS(=O)(=O)O)o1. The van der Waals surface area contributed by atoms with Gasteiger partial charge in [-0.2, -0.15) is 13.5 Å². The van der Waals surface area contributed by atoms with E-state index in [1.165, 1.54) is 4.90 Å². The van der Waals surface area contributed by atoms with Gasteiger partial charge in [-0.25, -0.2) is 4.79 Å².